The fourth-order valence-corrected chi connectivity index (χ4v) is 5.72. The van der Waals surface area contributed by atoms with E-state index in [1.54, 1.807) is 0 Å². The first-order chi connectivity index (χ1) is 11.2. The molecule has 0 aromatic heterocycles. The smallest absolute Gasteiger partial charge is 0.0669 e. The standard InChI is InChI=1S/C21H18OP/c1-14-8-7-9-15(2)20(14)23(22)21-18-12-5-3-10-16(18)17-11-4-6-13-19(17)21/h3-13,21H,1-2H3/q+1. The molecule has 0 bridgehead atoms. The predicted octanol–water partition coefficient (Wildman–Crippen LogP) is 5.53. The summed E-state index contributed by atoms with van der Waals surface area (Å²) in [5.74, 6) is 0. The first-order valence-electron chi connectivity index (χ1n) is 7.89. The van der Waals surface area contributed by atoms with Crippen molar-refractivity contribution < 1.29 is 4.57 Å². The Balaban J connectivity index is 1.94. The van der Waals surface area contributed by atoms with Gasteiger partial charge in [0.05, 0.1) is 0 Å². The molecule has 0 fully saturated rings. The molecule has 112 valence electrons. The summed E-state index contributed by atoms with van der Waals surface area (Å²) in [4.78, 5) is 0. The van der Waals surface area contributed by atoms with Gasteiger partial charge in [0.15, 0.2) is 5.30 Å². The first kappa shape index (κ1) is 14.4. The minimum Gasteiger partial charge on any atom is -0.0669 e. The van der Waals surface area contributed by atoms with Crippen molar-refractivity contribution in [1.82, 2.24) is 0 Å². The van der Waals surface area contributed by atoms with Gasteiger partial charge in [0.25, 0.3) is 0 Å². The molecule has 0 aliphatic heterocycles. The van der Waals surface area contributed by atoms with E-state index in [-0.39, 0.29) is 5.66 Å². The topological polar surface area (TPSA) is 17.1 Å². The Morgan fingerprint density at radius 3 is 1.70 bits per heavy atom. The van der Waals surface area contributed by atoms with Gasteiger partial charge in [-0.2, -0.15) is 0 Å². The van der Waals surface area contributed by atoms with Crippen molar-refractivity contribution >= 4 is 13.1 Å². The number of rotatable bonds is 2. The maximum Gasteiger partial charge on any atom is 0.390 e. The van der Waals surface area contributed by atoms with Crippen molar-refractivity contribution in [1.29, 1.82) is 0 Å². The largest absolute Gasteiger partial charge is 0.390 e. The molecule has 1 aliphatic rings. The van der Waals surface area contributed by atoms with Crippen LogP contribution in [0, 0.1) is 13.8 Å². The maximum atomic E-state index is 13.6. The molecule has 1 aliphatic carbocycles. The number of fused-ring (bicyclic) bond motifs is 3. The fourth-order valence-electron chi connectivity index (χ4n) is 3.66. The highest BCUT2D eigenvalue weighted by Crippen LogP contribution is 2.55. The van der Waals surface area contributed by atoms with Crippen LogP contribution in [-0.2, 0) is 4.57 Å². The van der Waals surface area contributed by atoms with Gasteiger partial charge in [-0.25, -0.2) is 0 Å². The molecule has 3 aromatic carbocycles. The van der Waals surface area contributed by atoms with Crippen LogP contribution in [0.2, 0.25) is 0 Å². The molecule has 0 saturated heterocycles. The molecule has 1 unspecified atom stereocenters. The Labute approximate surface area is 137 Å². The van der Waals surface area contributed by atoms with E-state index in [0.717, 1.165) is 16.4 Å². The Morgan fingerprint density at radius 2 is 1.17 bits per heavy atom. The van der Waals surface area contributed by atoms with Crippen molar-refractivity contribution in [2.24, 2.45) is 0 Å². The van der Waals surface area contributed by atoms with E-state index < -0.39 is 7.80 Å². The molecule has 3 aromatic rings. The third-order valence-corrected chi connectivity index (χ3v) is 6.87. The average molecular weight is 317 g/mol. The van der Waals surface area contributed by atoms with Gasteiger partial charge in [0.2, 0.25) is 5.66 Å². The predicted molar refractivity (Wildman–Crippen MR) is 96.9 cm³/mol. The van der Waals surface area contributed by atoms with Crippen LogP contribution >= 0.6 is 7.80 Å². The van der Waals surface area contributed by atoms with Crippen LogP contribution in [0.15, 0.2) is 66.7 Å². The lowest BCUT2D eigenvalue weighted by atomic mass is 10.1. The second kappa shape index (κ2) is 5.44. The molecular weight excluding hydrogens is 299 g/mol. The van der Waals surface area contributed by atoms with E-state index in [2.05, 4.69) is 62.4 Å². The first-order valence-corrected chi connectivity index (χ1v) is 9.22. The summed E-state index contributed by atoms with van der Waals surface area (Å²) in [5.41, 5.74) is 7.03. The number of hydrogen-bond donors (Lipinski definition) is 0. The van der Waals surface area contributed by atoms with E-state index in [1.807, 2.05) is 18.2 Å². The molecule has 1 atom stereocenters. The van der Waals surface area contributed by atoms with E-state index in [1.165, 1.54) is 22.3 Å². The van der Waals surface area contributed by atoms with Crippen LogP contribution in [0.3, 0.4) is 0 Å². The van der Waals surface area contributed by atoms with Crippen LogP contribution in [0.5, 0.6) is 0 Å². The lowest BCUT2D eigenvalue weighted by Crippen LogP contribution is -2.10. The molecule has 0 saturated carbocycles. The van der Waals surface area contributed by atoms with Crippen LogP contribution in [0.4, 0.5) is 0 Å². The summed E-state index contributed by atoms with van der Waals surface area (Å²) in [6, 6.07) is 22.9. The Morgan fingerprint density at radius 1 is 0.696 bits per heavy atom. The average Bonchev–Trinajstić information content (AvgIpc) is 2.89. The molecule has 1 nitrogen and oxygen atoms in total. The van der Waals surface area contributed by atoms with Crippen LogP contribution in [0.25, 0.3) is 11.1 Å². The molecule has 23 heavy (non-hydrogen) atoms. The quantitative estimate of drug-likeness (QED) is 0.568. The van der Waals surface area contributed by atoms with E-state index in [9.17, 15) is 4.57 Å². The van der Waals surface area contributed by atoms with Crippen molar-refractivity contribution in [3.63, 3.8) is 0 Å². The summed E-state index contributed by atoms with van der Waals surface area (Å²) in [6.07, 6.45) is 0. The van der Waals surface area contributed by atoms with E-state index in [4.69, 9.17) is 0 Å². The monoisotopic (exact) mass is 317 g/mol. The Hall–Kier alpha value is -2.24. The summed E-state index contributed by atoms with van der Waals surface area (Å²) >= 11 is 0. The Bertz CT molecular complexity index is 861. The summed E-state index contributed by atoms with van der Waals surface area (Å²) in [5, 5.41) is 1.01. The van der Waals surface area contributed by atoms with Crippen molar-refractivity contribution in [3.8, 4) is 11.1 Å². The number of aryl methyl sites for hydroxylation is 2. The zero-order valence-corrected chi connectivity index (χ0v) is 14.2. The third-order valence-electron chi connectivity index (χ3n) is 4.70. The number of benzene rings is 3. The SMILES string of the molecule is Cc1cccc(C)c1[P+](=O)C1c2ccccc2-c2ccccc21. The van der Waals surface area contributed by atoms with Crippen LogP contribution < -0.4 is 5.30 Å². The third kappa shape index (κ3) is 2.16. The second-order valence-corrected chi connectivity index (χ2v) is 7.76. The molecule has 0 amide bonds. The molecule has 0 spiro atoms. The summed E-state index contributed by atoms with van der Waals surface area (Å²) in [6.45, 7) is 4.12. The molecule has 4 rings (SSSR count). The van der Waals surface area contributed by atoms with Gasteiger partial charge in [-0.15, -0.1) is 0 Å². The maximum absolute atomic E-state index is 13.6. The zero-order chi connectivity index (χ0) is 16.0. The molecular formula is C21H18OP+. The lowest BCUT2D eigenvalue weighted by Gasteiger charge is -2.06. The van der Waals surface area contributed by atoms with E-state index in [0.29, 0.717) is 0 Å². The highest BCUT2D eigenvalue weighted by Gasteiger charge is 2.44. The van der Waals surface area contributed by atoms with Crippen molar-refractivity contribution in [3.05, 3.63) is 89.0 Å². The van der Waals surface area contributed by atoms with Gasteiger partial charge in [-0.05, 0) is 25.0 Å². The van der Waals surface area contributed by atoms with Gasteiger partial charge in [0, 0.05) is 22.3 Å². The van der Waals surface area contributed by atoms with Gasteiger partial charge in [-0.3, -0.25) is 0 Å². The van der Waals surface area contributed by atoms with E-state index >= 15 is 0 Å². The molecule has 0 radical (unpaired) electrons. The van der Waals surface area contributed by atoms with Gasteiger partial charge >= 0.3 is 7.80 Å². The lowest BCUT2D eigenvalue weighted by molar-refractivity contribution is 0.589. The zero-order valence-electron chi connectivity index (χ0n) is 13.3. The number of hydrogen-bond acceptors (Lipinski definition) is 1. The molecule has 2 heteroatoms. The molecule has 0 heterocycles. The van der Waals surface area contributed by atoms with Gasteiger partial charge in [0.1, 0.15) is 0 Å². The summed E-state index contributed by atoms with van der Waals surface area (Å²) < 4.78 is 13.6. The van der Waals surface area contributed by atoms with Crippen LogP contribution in [-0.4, -0.2) is 0 Å². The second-order valence-electron chi connectivity index (χ2n) is 6.14. The molecule has 0 N–H and O–H groups in total. The minimum absolute atomic E-state index is 0.0443. The highest BCUT2D eigenvalue weighted by atomic mass is 31.1. The van der Waals surface area contributed by atoms with Gasteiger partial charge in [-0.1, -0.05) is 71.3 Å². The Kier molecular flexibility index (Phi) is 3.39. The summed E-state index contributed by atoms with van der Waals surface area (Å²) in [7, 11) is -1.54. The fraction of sp³-hybridized carbons (Fsp3) is 0.143. The normalized spacial score (nSPS) is 13.6. The van der Waals surface area contributed by atoms with Crippen molar-refractivity contribution in [2.75, 3.05) is 0 Å². The minimum atomic E-state index is -1.54. The highest BCUT2D eigenvalue weighted by molar-refractivity contribution is 7.54. The van der Waals surface area contributed by atoms with Crippen LogP contribution in [0.1, 0.15) is 27.9 Å². The van der Waals surface area contributed by atoms with Gasteiger partial charge < -0.3 is 0 Å². The van der Waals surface area contributed by atoms with Crippen molar-refractivity contribution in [2.45, 2.75) is 19.5 Å².